The molecule has 4 nitrogen and oxygen atoms in total. The van der Waals surface area contributed by atoms with Crippen LogP contribution in [0.3, 0.4) is 0 Å². The largest absolute Gasteiger partial charge is 0.392 e. The van der Waals surface area contributed by atoms with Gasteiger partial charge in [-0.05, 0) is 44.6 Å². The molecule has 4 heteroatoms. The Labute approximate surface area is 103 Å². The van der Waals surface area contributed by atoms with Crippen molar-refractivity contribution in [3.63, 3.8) is 0 Å². The number of pyridine rings is 1. The molecule has 2 rings (SSSR count). The lowest BCUT2D eigenvalue weighted by atomic mass is 10.2. The first-order valence-corrected chi connectivity index (χ1v) is 6.21. The van der Waals surface area contributed by atoms with Gasteiger partial charge in [-0.25, -0.2) is 4.98 Å². The second-order valence-electron chi connectivity index (χ2n) is 4.84. The average molecular weight is 235 g/mol. The van der Waals surface area contributed by atoms with Gasteiger partial charge in [-0.2, -0.15) is 0 Å². The first-order valence-electron chi connectivity index (χ1n) is 6.21. The predicted molar refractivity (Wildman–Crippen MR) is 69.1 cm³/mol. The first-order chi connectivity index (χ1) is 8.20. The first kappa shape index (κ1) is 12.3. The number of rotatable bonds is 2. The summed E-state index contributed by atoms with van der Waals surface area (Å²) in [5.41, 5.74) is 0.930. The number of hydrogen-bond donors (Lipinski definition) is 1. The molecule has 1 N–H and O–H groups in total. The predicted octanol–water partition coefficient (Wildman–Crippen LogP) is 1.10. The van der Waals surface area contributed by atoms with Gasteiger partial charge in [0, 0.05) is 25.3 Å². The second-order valence-corrected chi connectivity index (χ2v) is 4.84. The van der Waals surface area contributed by atoms with Gasteiger partial charge >= 0.3 is 0 Å². The number of nitrogens with zero attached hydrogens (tertiary/aromatic N) is 3. The zero-order chi connectivity index (χ0) is 12.3. The molecule has 1 fully saturated rings. The van der Waals surface area contributed by atoms with Gasteiger partial charge in [-0.3, -0.25) is 0 Å². The molecule has 1 saturated heterocycles. The minimum absolute atomic E-state index is 0.0810. The zero-order valence-corrected chi connectivity index (χ0v) is 10.6. The maximum absolute atomic E-state index is 9.17. The van der Waals surface area contributed by atoms with Crippen LogP contribution >= 0.6 is 0 Å². The molecular formula is C13H21N3O. The van der Waals surface area contributed by atoms with E-state index in [2.05, 4.69) is 28.8 Å². The van der Waals surface area contributed by atoms with E-state index in [4.69, 9.17) is 5.11 Å². The van der Waals surface area contributed by atoms with Gasteiger partial charge in [0.05, 0.1) is 6.61 Å². The molecule has 0 aromatic carbocycles. The third-order valence-corrected chi connectivity index (χ3v) is 3.33. The van der Waals surface area contributed by atoms with Crippen molar-refractivity contribution in [2.75, 3.05) is 31.6 Å². The van der Waals surface area contributed by atoms with Crippen LogP contribution < -0.4 is 4.90 Å². The average Bonchev–Trinajstić information content (AvgIpc) is 2.50. The molecule has 1 unspecified atom stereocenters. The molecule has 0 radical (unpaired) electrons. The van der Waals surface area contributed by atoms with Crippen LogP contribution in [0.5, 0.6) is 0 Å². The van der Waals surface area contributed by atoms with Crippen LogP contribution in [-0.2, 0) is 6.61 Å². The van der Waals surface area contributed by atoms with E-state index < -0.39 is 0 Å². The van der Waals surface area contributed by atoms with Crippen LogP contribution in [0.4, 0.5) is 5.82 Å². The zero-order valence-electron chi connectivity index (χ0n) is 10.6. The minimum atomic E-state index is 0.0810. The molecule has 1 atom stereocenters. The molecule has 1 aromatic rings. The van der Waals surface area contributed by atoms with Crippen molar-refractivity contribution in [1.82, 2.24) is 9.88 Å². The molecular weight excluding hydrogens is 214 g/mol. The molecule has 0 saturated carbocycles. The van der Waals surface area contributed by atoms with Crippen LogP contribution in [0.15, 0.2) is 18.3 Å². The summed E-state index contributed by atoms with van der Waals surface area (Å²) < 4.78 is 0. The van der Waals surface area contributed by atoms with E-state index in [0.29, 0.717) is 6.04 Å². The molecule has 0 bridgehead atoms. The van der Waals surface area contributed by atoms with Crippen LogP contribution in [0.25, 0.3) is 0 Å². The minimum Gasteiger partial charge on any atom is -0.392 e. The van der Waals surface area contributed by atoms with Crippen molar-refractivity contribution < 1.29 is 5.11 Å². The molecule has 1 aromatic heterocycles. The summed E-state index contributed by atoms with van der Waals surface area (Å²) in [4.78, 5) is 9.12. The fourth-order valence-corrected chi connectivity index (χ4v) is 2.43. The Morgan fingerprint density at radius 2 is 2.29 bits per heavy atom. The normalized spacial score (nSPS) is 22.5. The van der Waals surface area contributed by atoms with Crippen molar-refractivity contribution in [2.24, 2.45) is 0 Å². The number of hydrogen-bond acceptors (Lipinski definition) is 4. The van der Waals surface area contributed by atoms with E-state index in [9.17, 15) is 0 Å². The third kappa shape index (κ3) is 2.96. The van der Waals surface area contributed by atoms with Gasteiger partial charge in [-0.1, -0.05) is 0 Å². The fraction of sp³-hybridized carbons (Fsp3) is 0.615. The fourth-order valence-electron chi connectivity index (χ4n) is 2.43. The Morgan fingerprint density at radius 1 is 1.47 bits per heavy atom. The second kappa shape index (κ2) is 5.47. The Kier molecular flexibility index (Phi) is 3.97. The maximum atomic E-state index is 9.17. The lowest BCUT2D eigenvalue weighted by Crippen LogP contribution is -2.38. The van der Waals surface area contributed by atoms with Crippen molar-refractivity contribution in [1.29, 1.82) is 0 Å². The van der Waals surface area contributed by atoms with E-state index >= 15 is 0 Å². The molecule has 17 heavy (non-hydrogen) atoms. The monoisotopic (exact) mass is 235 g/mol. The summed E-state index contributed by atoms with van der Waals surface area (Å²) in [6.45, 7) is 5.55. The third-order valence-electron chi connectivity index (χ3n) is 3.33. The van der Waals surface area contributed by atoms with Crippen molar-refractivity contribution >= 4 is 5.82 Å². The lowest BCUT2D eigenvalue weighted by Gasteiger charge is -2.29. The van der Waals surface area contributed by atoms with E-state index in [1.807, 2.05) is 12.1 Å². The number of aliphatic hydroxyl groups is 1. The number of anilines is 1. The summed E-state index contributed by atoms with van der Waals surface area (Å²) in [6.07, 6.45) is 2.94. The van der Waals surface area contributed by atoms with Crippen LogP contribution in [0.2, 0.25) is 0 Å². The highest BCUT2D eigenvalue weighted by Crippen LogP contribution is 2.18. The smallest absolute Gasteiger partial charge is 0.129 e. The van der Waals surface area contributed by atoms with Crippen molar-refractivity contribution in [3.05, 3.63) is 23.9 Å². The van der Waals surface area contributed by atoms with Crippen LogP contribution in [-0.4, -0.2) is 47.7 Å². The summed E-state index contributed by atoms with van der Waals surface area (Å²) in [6, 6.07) is 4.31. The van der Waals surface area contributed by atoms with Gasteiger partial charge < -0.3 is 14.9 Å². The van der Waals surface area contributed by atoms with Crippen LogP contribution in [0.1, 0.15) is 18.9 Å². The van der Waals surface area contributed by atoms with Gasteiger partial charge in [0.15, 0.2) is 0 Å². The van der Waals surface area contributed by atoms with E-state index in [-0.39, 0.29) is 6.61 Å². The Hall–Kier alpha value is -1.13. The summed E-state index contributed by atoms with van der Waals surface area (Å²) in [5, 5.41) is 9.17. The lowest BCUT2D eigenvalue weighted by molar-refractivity contribution is 0.281. The summed E-state index contributed by atoms with van der Waals surface area (Å²) in [7, 11) is 2.16. The maximum Gasteiger partial charge on any atom is 0.129 e. The Balaban J connectivity index is 2.19. The van der Waals surface area contributed by atoms with Gasteiger partial charge in [0.2, 0.25) is 0 Å². The molecule has 2 heterocycles. The van der Waals surface area contributed by atoms with Crippen molar-refractivity contribution in [3.8, 4) is 0 Å². The van der Waals surface area contributed by atoms with Gasteiger partial charge in [0.25, 0.3) is 0 Å². The summed E-state index contributed by atoms with van der Waals surface area (Å²) >= 11 is 0. The van der Waals surface area contributed by atoms with Crippen molar-refractivity contribution in [2.45, 2.75) is 26.0 Å². The Bertz CT molecular complexity index is 369. The molecule has 0 amide bonds. The highest BCUT2D eigenvalue weighted by Gasteiger charge is 2.20. The topological polar surface area (TPSA) is 39.6 Å². The van der Waals surface area contributed by atoms with E-state index in [1.165, 1.54) is 0 Å². The van der Waals surface area contributed by atoms with E-state index in [1.54, 1.807) is 6.20 Å². The highest BCUT2D eigenvalue weighted by molar-refractivity contribution is 5.42. The highest BCUT2D eigenvalue weighted by atomic mass is 16.3. The number of aliphatic hydroxyl groups excluding tert-OH is 1. The molecule has 1 aliphatic rings. The Morgan fingerprint density at radius 3 is 3.06 bits per heavy atom. The SMILES string of the molecule is CC1CN(C)CCCN1c1cc(CO)ccn1. The molecule has 1 aliphatic heterocycles. The number of likely N-dealkylation sites (N-methyl/N-ethyl adjacent to an activating group) is 1. The summed E-state index contributed by atoms with van der Waals surface area (Å²) in [5.74, 6) is 0.986. The van der Waals surface area contributed by atoms with E-state index in [0.717, 1.165) is 37.4 Å². The quantitative estimate of drug-likeness (QED) is 0.833. The standard InChI is InChI=1S/C13H21N3O/c1-11-9-15(2)6-3-7-16(11)13-8-12(10-17)4-5-14-13/h4-5,8,11,17H,3,6-7,9-10H2,1-2H3. The van der Waals surface area contributed by atoms with Gasteiger partial charge in [0.1, 0.15) is 5.82 Å². The molecule has 94 valence electrons. The molecule has 0 aliphatic carbocycles. The molecule has 0 spiro atoms. The van der Waals surface area contributed by atoms with Crippen LogP contribution in [0, 0.1) is 0 Å². The van der Waals surface area contributed by atoms with Gasteiger partial charge in [-0.15, -0.1) is 0 Å². The number of aromatic nitrogens is 1.